The summed E-state index contributed by atoms with van der Waals surface area (Å²) >= 11 is 0. The van der Waals surface area contributed by atoms with Crippen molar-refractivity contribution in [2.45, 2.75) is 85.5 Å². The summed E-state index contributed by atoms with van der Waals surface area (Å²) in [5.41, 5.74) is 4.40. The maximum Gasteiger partial charge on any atom is -0.0250 e. The van der Waals surface area contributed by atoms with Crippen molar-refractivity contribution in [3.63, 3.8) is 0 Å². The Balaban J connectivity index is 0.000000188. The van der Waals surface area contributed by atoms with Gasteiger partial charge in [-0.15, -0.1) is 0 Å². The third-order valence-corrected chi connectivity index (χ3v) is 5.87. The minimum absolute atomic E-state index is 0.970. The van der Waals surface area contributed by atoms with Gasteiger partial charge in [-0.05, 0) is 54.7 Å². The highest BCUT2D eigenvalue weighted by atomic mass is 14.2. The monoisotopic (exact) mass is 300 g/mol. The van der Waals surface area contributed by atoms with E-state index >= 15 is 0 Å². The molecule has 0 unspecified atom stereocenters. The third kappa shape index (κ3) is 5.78. The molecule has 2 saturated carbocycles. The van der Waals surface area contributed by atoms with Crippen molar-refractivity contribution in [1.29, 1.82) is 0 Å². The van der Waals surface area contributed by atoms with Crippen LogP contribution in [0.1, 0.15) is 81.9 Å². The second-order valence-corrected chi connectivity index (χ2v) is 8.14. The van der Waals surface area contributed by atoms with Crippen molar-refractivity contribution >= 4 is 0 Å². The molecule has 0 atom stereocenters. The van der Waals surface area contributed by atoms with E-state index in [-0.39, 0.29) is 0 Å². The normalized spacial score (nSPS) is 25.6. The number of benzene rings is 1. The second kappa shape index (κ2) is 8.75. The summed E-state index contributed by atoms with van der Waals surface area (Å²) < 4.78 is 0. The smallest absolute Gasteiger partial charge is 0.0250 e. The highest BCUT2D eigenvalue weighted by molar-refractivity contribution is 5.30. The van der Waals surface area contributed by atoms with Crippen LogP contribution in [0.3, 0.4) is 0 Å². The Bertz CT molecular complexity index is 421. The van der Waals surface area contributed by atoms with Crippen molar-refractivity contribution in [2.24, 2.45) is 17.8 Å². The quantitative estimate of drug-likeness (QED) is 0.559. The van der Waals surface area contributed by atoms with Gasteiger partial charge in [-0.1, -0.05) is 83.4 Å². The second-order valence-electron chi connectivity index (χ2n) is 8.14. The summed E-state index contributed by atoms with van der Waals surface area (Å²) in [6.45, 7) is 9.14. The average Bonchev–Trinajstić information content (AvgIpc) is 3.00. The van der Waals surface area contributed by atoms with E-state index in [4.69, 9.17) is 0 Å². The van der Waals surface area contributed by atoms with E-state index < -0.39 is 0 Å². The topological polar surface area (TPSA) is 0 Å². The largest absolute Gasteiger partial charge is 0.0625 e. The van der Waals surface area contributed by atoms with Crippen LogP contribution in [-0.2, 0) is 6.42 Å². The summed E-state index contributed by atoms with van der Waals surface area (Å²) in [5.74, 6) is 3.01. The first kappa shape index (κ1) is 17.6. The van der Waals surface area contributed by atoms with Crippen LogP contribution in [-0.4, -0.2) is 0 Å². The van der Waals surface area contributed by atoms with Crippen LogP contribution in [0.2, 0.25) is 0 Å². The molecule has 0 N–H and O–H groups in total. The molecule has 3 rings (SSSR count). The fraction of sp³-hybridized carbons (Fsp3) is 0.727. The number of rotatable bonds is 2. The van der Waals surface area contributed by atoms with Crippen LogP contribution in [0.25, 0.3) is 0 Å². The zero-order valence-corrected chi connectivity index (χ0v) is 15.3. The first-order chi connectivity index (χ1) is 10.5. The first-order valence-corrected chi connectivity index (χ1v) is 9.60. The molecule has 0 nitrogen and oxygen atoms in total. The van der Waals surface area contributed by atoms with Crippen molar-refractivity contribution in [3.8, 4) is 0 Å². The van der Waals surface area contributed by atoms with Gasteiger partial charge in [0.1, 0.15) is 0 Å². The number of hydrogen-bond donors (Lipinski definition) is 0. The predicted molar refractivity (Wildman–Crippen MR) is 98.4 cm³/mol. The van der Waals surface area contributed by atoms with Gasteiger partial charge in [-0.3, -0.25) is 0 Å². The molecule has 1 aromatic carbocycles. The zero-order chi connectivity index (χ0) is 15.9. The predicted octanol–water partition coefficient (Wildman–Crippen LogP) is 6.87. The third-order valence-electron chi connectivity index (χ3n) is 5.87. The van der Waals surface area contributed by atoms with Gasteiger partial charge in [-0.25, -0.2) is 0 Å². The summed E-state index contributed by atoms with van der Waals surface area (Å²) in [7, 11) is 0. The highest BCUT2D eigenvalue weighted by Crippen LogP contribution is 2.28. The SMILES string of the molecule is CC1CCC(C)CC1.Cc1ccc(CC2CCCC2)cc1C. The van der Waals surface area contributed by atoms with Crippen molar-refractivity contribution in [2.75, 3.05) is 0 Å². The van der Waals surface area contributed by atoms with Crippen LogP contribution in [0, 0.1) is 31.6 Å². The summed E-state index contributed by atoms with van der Waals surface area (Å²) in [4.78, 5) is 0. The molecular weight excluding hydrogens is 264 g/mol. The molecule has 22 heavy (non-hydrogen) atoms. The first-order valence-electron chi connectivity index (χ1n) is 9.60. The van der Waals surface area contributed by atoms with E-state index in [9.17, 15) is 0 Å². The van der Waals surface area contributed by atoms with Crippen LogP contribution >= 0.6 is 0 Å². The molecule has 0 radical (unpaired) electrons. The van der Waals surface area contributed by atoms with Gasteiger partial charge in [-0.2, -0.15) is 0 Å². The Kier molecular flexibility index (Phi) is 6.99. The summed E-state index contributed by atoms with van der Waals surface area (Å²) in [6.07, 6.45) is 13.0. The van der Waals surface area contributed by atoms with Gasteiger partial charge in [0.25, 0.3) is 0 Å². The average molecular weight is 301 g/mol. The van der Waals surface area contributed by atoms with E-state index in [1.807, 2.05) is 0 Å². The van der Waals surface area contributed by atoms with E-state index in [0.29, 0.717) is 0 Å². The lowest BCUT2D eigenvalue weighted by Gasteiger charge is -2.22. The Morgan fingerprint density at radius 1 is 0.773 bits per heavy atom. The van der Waals surface area contributed by atoms with E-state index in [0.717, 1.165) is 17.8 Å². The molecule has 0 heterocycles. The number of aryl methyl sites for hydroxylation is 2. The van der Waals surface area contributed by atoms with Crippen LogP contribution < -0.4 is 0 Å². The van der Waals surface area contributed by atoms with Crippen LogP contribution in [0.5, 0.6) is 0 Å². The molecule has 0 heteroatoms. The molecule has 0 aromatic heterocycles. The highest BCUT2D eigenvalue weighted by Gasteiger charge is 2.15. The molecule has 2 aliphatic rings. The molecule has 0 amide bonds. The maximum atomic E-state index is 2.37. The summed E-state index contributed by atoms with van der Waals surface area (Å²) in [5, 5.41) is 0. The molecule has 0 aliphatic heterocycles. The molecular formula is C22H36. The van der Waals surface area contributed by atoms with Gasteiger partial charge in [0.15, 0.2) is 0 Å². The standard InChI is InChI=1S/C14H20.C8H16/c1-11-7-8-14(9-12(11)2)10-13-5-3-4-6-13;1-7-3-5-8(2)6-4-7/h7-9,13H,3-6,10H2,1-2H3;7-8H,3-6H2,1-2H3. The Labute approximate surface area is 138 Å². The Morgan fingerprint density at radius 3 is 1.82 bits per heavy atom. The van der Waals surface area contributed by atoms with E-state index in [2.05, 4.69) is 45.9 Å². The lowest BCUT2D eigenvalue weighted by molar-refractivity contribution is 0.308. The molecule has 124 valence electrons. The lowest BCUT2D eigenvalue weighted by atomic mass is 9.84. The van der Waals surface area contributed by atoms with Crippen molar-refractivity contribution < 1.29 is 0 Å². The van der Waals surface area contributed by atoms with E-state index in [1.54, 1.807) is 5.56 Å². The van der Waals surface area contributed by atoms with Gasteiger partial charge < -0.3 is 0 Å². The zero-order valence-electron chi connectivity index (χ0n) is 15.3. The lowest BCUT2D eigenvalue weighted by Crippen LogP contribution is -2.08. The maximum absolute atomic E-state index is 2.37. The fourth-order valence-electron chi connectivity index (χ4n) is 3.91. The van der Waals surface area contributed by atoms with Crippen LogP contribution in [0.4, 0.5) is 0 Å². The Morgan fingerprint density at radius 2 is 1.32 bits per heavy atom. The van der Waals surface area contributed by atoms with Crippen LogP contribution in [0.15, 0.2) is 18.2 Å². The van der Waals surface area contributed by atoms with Gasteiger partial charge >= 0.3 is 0 Å². The number of hydrogen-bond acceptors (Lipinski definition) is 0. The van der Waals surface area contributed by atoms with Gasteiger partial charge in [0.2, 0.25) is 0 Å². The molecule has 2 aliphatic carbocycles. The molecule has 0 bridgehead atoms. The fourth-order valence-corrected chi connectivity index (χ4v) is 3.91. The molecule has 0 spiro atoms. The van der Waals surface area contributed by atoms with E-state index in [1.165, 1.54) is 68.9 Å². The van der Waals surface area contributed by atoms with Crippen molar-refractivity contribution in [1.82, 2.24) is 0 Å². The molecule has 2 fully saturated rings. The minimum atomic E-state index is 0.970. The van der Waals surface area contributed by atoms with Crippen molar-refractivity contribution in [3.05, 3.63) is 34.9 Å². The minimum Gasteiger partial charge on any atom is -0.0625 e. The molecule has 1 aromatic rings. The Hall–Kier alpha value is -0.780. The van der Waals surface area contributed by atoms with Gasteiger partial charge in [0.05, 0.1) is 0 Å². The summed E-state index contributed by atoms with van der Waals surface area (Å²) in [6, 6.07) is 6.94. The molecule has 0 saturated heterocycles. The van der Waals surface area contributed by atoms with Gasteiger partial charge in [0, 0.05) is 0 Å².